The topological polar surface area (TPSA) is 62.7 Å². The predicted molar refractivity (Wildman–Crippen MR) is 86.2 cm³/mol. The molecule has 1 aliphatic heterocycles. The van der Waals surface area contributed by atoms with Gasteiger partial charge in [0.2, 0.25) is 10.0 Å². The summed E-state index contributed by atoms with van der Waals surface area (Å²) in [6.07, 6.45) is -3.30. The van der Waals surface area contributed by atoms with Gasteiger partial charge in [-0.15, -0.1) is 24.5 Å². The van der Waals surface area contributed by atoms with Crippen molar-refractivity contribution in [2.45, 2.75) is 11.3 Å². The second kappa shape index (κ2) is 6.81. The smallest absolute Gasteiger partial charge is 0.404 e. The lowest BCUT2D eigenvalue weighted by atomic mass is 10.3. The van der Waals surface area contributed by atoms with Crippen molar-refractivity contribution in [3.8, 4) is 5.75 Å². The van der Waals surface area contributed by atoms with Gasteiger partial charge in [0.1, 0.15) is 10.6 Å². The predicted octanol–water partition coefficient (Wildman–Crippen LogP) is 2.55. The number of halogens is 3. The molecule has 1 aliphatic rings. The first kappa shape index (κ1) is 18.0. The number of benzene rings is 1. The number of rotatable bonds is 4. The highest BCUT2D eigenvalue weighted by Gasteiger charge is 2.36. The molecule has 0 spiro atoms. The van der Waals surface area contributed by atoms with E-state index < -0.39 is 27.0 Å². The van der Waals surface area contributed by atoms with Crippen LogP contribution in [0.5, 0.6) is 5.75 Å². The summed E-state index contributed by atoms with van der Waals surface area (Å²) >= 11 is 1.45. The molecule has 25 heavy (non-hydrogen) atoms. The Hall–Kier alpha value is -1.85. The fourth-order valence-corrected chi connectivity index (χ4v) is 4.74. The molecule has 2 aromatic rings. The molecule has 0 unspecified atom stereocenters. The Bertz CT molecular complexity index is 817. The molecule has 0 N–H and O–H groups in total. The van der Waals surface area contributed by atoms with Crippen LogP contribution in [0.1, 0.15) is 0 Å². The van der Waals surface area contributed by atoms with E-state index in [1.807, 2.05) is 10.3 Å². The van der Waals surface area contributed by atoms with E-state index in [1.165, 1.54) is 23.5 Å². The number of alkyl halides is 3. The van der Waals surface area contributed by atoms with Crippen molar-refractivity contribution < 1.29 is 26.3 Å². The van der Waals surface area contributed by atoms with Crippen molar-refractivity contribution >= 4 is 26.5 Å². The fourth-order valence-electron chi connectivity index (χ4n) is 2.50. The fraction of sp³-hybridized carbons (Fsp3) is 0.357. The van der Waals surface area contributed by atoms with E-state index in [2.05, 4.69) is 9.72 Å². The second-order valence-corrected chi connectivity index (χ2v) is 7.98. The van der Waals surface area contributed by atoms with Gasteiger partial charge in [0.25, 0.3) is 0 Å². The van der Waals surface area contributed by atoms with Crippen LogP contribution in [0.2, 0.25) is 0 Å². The number of para-hydroxylation sites is 1. The van der Waals surface area contributed by atoms with Gasteiger partial charge >= 0.3 is 6.36 Å². The van der Waals surface area contributed by atoms with Gasteiger partial charge in [-0.1, -0.05) is 12.1 Å². The van der Waals surface area contributed by atoms with E-state index in [4.69, 9.17) is 0 Å². The highest BCUT2D eigenvalue weighted by Crippen LogP contribution is 2.32. The largest absolute Gasteiger partial charge is 0.573 e. The molecule has 136 valence electrons. The maximum absolute atomic E-state index is 12.7. The van der Waals surface area contributed by atoms with Crippen LogP contribution in [0.3, 0.4) is 0 Å². The highest BCUT2D eigenvalue weighted by molar-refractivity contribution is 7.89. The summed E-state index contributed by atoms with van der Waals surface area (Å²) in [6, 6.07) is 4.76. The molecule has 0 aliphatic carbocycles. The lowest BCUT2D eigenvalue weighted by molar-refractivity contribution is -0.275. The number of hydrogen-bond acceptors (Lipinski definition) is 6. The minimum atomic E-state index is -4.96. The summed E-state index contributed by atoms with van der Waals surface area (Å²) in [7, 11) is -4.09. The second-order valence-electron chi connectivity index (χ2n) is 5.20. The Kier molecular flexibility index (Phi) is 4.89. The molecule has 6 nitrogen and oxygen atoms in total. The summed E-state index contributed by atoms with van der Waals surface area (Å²) in [4.78, 5) is 5.62. The van der Waals surface area contributed by atoms with Crippen LogP contribution >= 0.6 is 11.3 Å². The number of piperazine rings is 1. The number of thiazole rings is 1. The number of aromatic nitrogens is 1. The molecule has 0 amide bonds. The molecule has 3 rings (SSSR count). The van der Waals surface area contributed by atoms with E-state index in [9.17, 15) is 21.6 Å². The molecule has 1 aromatic carbocycles. The first-order chi connectivity index (χ1) is 11.8. The molecule has 2 heterocycles. The number of anilines is 1. The lowest BCUT2D eigenvalue weighted by Crippen LogP contribution is -2.48. The standard InChI is InChI=1S/C14H14F3N3O3S2/c15-14(16,17)23-11-3-1-2-4-12(11)25(21,22)20-8-6-19(7-9-20)13-18-5-10-24-13/h1-5,10H,6-9H2. The van der Waals surface area contributed by atoms with Crippen molar-refractivity contribution in [3.63, 3.8) is 0 Å². The van der Waals surface area contributed by atoms with Gasteiger partial charge < -0.3 is 9.64 Å². The van der Waals surface area contributed by atoms with Crippen LogP contribution in [0.15, 0.2) is 40.7 Å². The molecule has 1 saturated heterocycles. The van der Waals surface area contributed by atoms with Crippen molar-refractivity contribution in [3.05, 3.63) is 35.8 Å². The zero-order chi connectivity index (χ0) is 18.1. The van der Waals surface area contributed by atoms with Crippen molar-refractivity contribution in [1.29, 1.82) is 0 Å². The third-order valence-electron chi connectivity index (χ3n) is 3.62. The Morgan fingerprint density at radius 3 is 2.40 bits per heavy atom. The molecule has 0 saturated carbocycles. The summed E-state index contributed by atoms with van der Waals surface area (Å²) in [5.74, 6) is -0.725. The minimum absolute atomic E-state index is 0.155. The monoisotopic (exact) mass is 393 g/mol. The van der Waals surface area contributed by atoms with E-state index in [0.717, 1.165) is 21.6 Å². The van der Waals surface area contributed by atoms with Crippen LogP contribution in [-0.2, 0) is 10.0 Å². The van der Waals surface area contributed by atoms with Gasteiger partial charge in [0.15, 0.2) is 5.13 Å². The Labute approximate surface area is 146 Å². The Balaban J connectivity index is 1.79. The lowest BCUT2D eigenvalue weighted by Gasteiger charge is -2.34. The zero-order valence-corrected chi connectivity index (χ0v) is 14.4. The average Bonchev–Trinajstić information content (AvgIpc) is 3.08. The molecule has 1 aromatic heterocycles. The molecule has 1 fully saturated rings. The van der Waals surface area contributed by atoms with Gasteiger partial charge in [0.05, 0.1) is 0 Å². The number of hydrogen-bond donors (Lipinski definition) is 0. The minimum Gasteiger partial charge on any atom is -0.404 e. The third kappa shape index (κ3) is 4.05. The van der Waals surface area contributed by atoms with Gasteiger partial charge in [-0.3, -0.25) is 0 Å². The van der Waals surface area contributed by atoms with Crippen LogP contribution in [0.4, 0.5) is 18.3 Å². The SMILES string of the molecule is O=S(=O)(c1ccccc1OC(F)(F)F)N1CCN(c2nccs2)CC1. The molecule has 0 radical (unpaired) electrons. The maximum atomic E-state index is 12.7. The Morgan fingerprint density at radius 1 is 1.12 bits per heavy atom. The first-order valence-corrected chi connectivity index (χ1v) is 9.59. The molecular weight excluding hydrogens is 379 g/mol. The van der Waals surface area contributed by atoms with E-state index in [1.54, 1.807) is 6.20 Å². The summed E-state index contributed by atoms with van der Waals surface area (Å²) in [5, 5.41) is 2.61. The molecule has 11 heteroatoms. The number of ether oxygens (including phenoxy) is 1. The average molecular weight is 393 g/mol. The summed E-state index contributed by atoms with van der Waals surface area (Å²) < 4.78 is 68.0. The Morgan fingerprint density at radius 2 is 1.80 bits per heavy atom. The van der Waals surface area contributed by atoms with Gasteiger partial charge in [-0.2, -0.15) is 4.31 Å². The highest BCUT2D eigenvalue weighted by atomic mass is 32.2. The van der Waals surface area contributed by atoms with Crippen LogP contribution in [-0.4, -0.2) is 50.2 Å². The number of nitrogens with zero attached hydrogens (tertiary/aromatic N) is 3. The summed E-state index contributed by atoms with van der Waals surface area (Å²) in [6.45, 7) is 1.13. The van der Waals surface area contributed by atoms with Crippen molar-refractivity contribution in [1.82, 2.24) is 9.29 Å². The van der Waals surface area contributed by atoms with Gasteiger partial charge in [-0.05, 0) is 12.1 Å². The quantitative estimate of drug-likeness (QED) is 0.799. The van der Waals surface area contributed by atoms with E-state index in [0.29, 0.717) is 13.1 Å². The maximum Gasteiger partial charge on any atom is 0.573 e. The van der Waals surface area contributed by atoms with Crippen LogP contribution in [0.25, 0.3) is 0 Å². The van der Waals surface area contributed by atoms with Gasteiger partial charge in [0, 0.05) is 37.8 Å². The van der Waals surface area contributed by atoms with Crippen LogP contribution in [0, 0.1) is 0 Å². The zero-order valence-electron chi connectivity index (χ0n) is 12.8. The molecule has 0 bridgehead atoms. The number of sulfonamides is 1. The molecule has 0 atom stereocenters. The normalized spacial score (nSPS) is 16.8. The van der Waals surface area contributed by atoms with E-state index in [-0.39, 0.29) is 13.1 Å². The van der Waals surface area contributed by atoms with Gasteiger partial charge in [-0.25, -0.2) is 13.4 Å². The van der Waals surface area contributed by atoms with Crippen molar-refractivity contribution in [2.24, 2.45) is 0 Å². The van der Waals surface area contributed by atoms with E-state index >= 15 is 0 Å². The van der Waals surface area contributed by atoms with Crippen LogP contribution < -0.4 is 9.64 Å². The molecular formula is C14H14F3N3O3S2. The van der Waals surface area contributed by atoms with Crippen molar-refractivity contribution in [2.75, 3.05) is 31.1 Å². The third-order valence-corrected chi connectivity index (χ3v) is 6.39. The first-order valence-electron chi connectivity index (χ1n) is 7.27. The summed E-state index contributed by atoms with van der Waals surface area (Å²) in [5.41, 5.74) is 0.